The molecule has 3 aliphatic heterocycles. The summed E-state index contributed by atoms with van der Waals surface area (Å²) in [6.45, 7) is 1.50. The highest BCUT2D eigenvalue weighted by molar-refractivity contribution is 5.95. The smallest absolute Gasteiger partial charge is 0.359 e. The highest BCUT2D eigenvalue weighted by atomic mass is 16.3. The molecule has 1 aromatic rings. The Morgan fingerprint density at radius 1 is 0.850 bits per heavy atom. The average Bonchev–Trinajstić information content (AvgIpc) is 3.71. The number of carbonyl (C=O) groups excluding carboxylic acids is 6. The third-order valence-electron chi connectivity index (χ3n) is 10.6. The number of fused-ring (bicyclic) bond motifs is 2. The number of hydrogen-bond donors (Lipinski definition) is 17. The van der Waals surface area contributed by atoms with E-state index in [4.69, 9.17) is 11.5 Å². The van der Waals surface area contributed by atoms with Crippen LogP contribution in [0.25, 0.3) is 0 Å². The van der Waals surface area contributed by atoms with Gasteiger partial charge in [-0.2, -0.15) is 4.99 Å². The SMILES string of the molecule is C[C@@H](O)[C@@H]1NC(=O)[C@@H](N)C[C@@H](O)[C@@H](O)NC(=O)[C@@H]2[C@@H](O)[C@@H](C)CN2C(=O)[C@H]([C@H](O)CC(N)=O)[NH+]=C(O)[C@H]([C@H](O)[C@@H](O)c2ccc(O)c(O)c2)NC(=O)[C@@H]2C[C@@H](O)CN2C1=O. The van der Waals surface area contributed by atoms with Crippen LogP contribution in [0.15, 0.2) is 18.2 Å². The molecule has 25 nitrogen and oxygen atoms in total. The number of hydrogen-bond acceptors (Lipinski definition) is 17. The molecule has 15 atom stereocenters. The predicted molar refractivity (Wildman–Crippen MR) is 198 cm³/mol. The fourth-order valence-electron chi connectivity index (χ4n) is 7.25. The van der Waals surface area contributed by atoms with Gasteiger partial charge in [0.05, 0.1) is 30.8 Å². The monoisotopic (exact) mass is 857 g/mol. The Morgan fingerprint density at radius 2 is 1.48 bits per heavy atom. The van der Waals surface area contributed by atoms with Crippen molar-refractivity contribution in [2.45, 2.75) is 118 Å². The quantitative estimate of drug-likeness (QED) is 0.113. The van der Waals surface area contributed by atoms with E-state index >= 15 is 0 Å². The van der Waals surface area contributed by atoms with Crippen LogP contribution in [0, 0.1) is 5.92 Å². The second kappa shape index (κ2) is 19.4. The van der Waals surface area contributed by atoms with Gasteiger partial charge in [0, 0.05) is 31.8 Å². The van der Waals surface area contributed by atoms with E-state index < -0.39 is 176 Å². The van der Waals surface area contributed by atoms with Crippen molar-refractivity contribution in [1.29, 1.82) is 0 Å². The van der Waals surface area contributed by atoms with Crippen molar-refractivity contribution in [3.05, 3.63) is 23.8 Å². The molecule has 0 unspecified atom stereocenters. The number of amides is 6. The number of nitrogens with one attached hydrogen (secondary N) is 4. The van der Waals surface area contributed by atoms with E-state index in [2.05, 4.69) is 15.6 Å². The summed E-state index contributed by atoms with van der Waals surface area (Å²) in [7, 11) is 0. The van der Waals surface area contributed by atoms with Gasteiger partial charge in [0.1, 0.15) is 42.5 Å². The lowest BCUT2D eigenvalue weighted by atomic mass is 9.97. The summed E-state index contributed by atoms with van der Waals surface area (Å²) < 4.78 is 0. The minimum atomic E-state index is -2.39. The zero-order valence-corrected chi connectivity index (χ0v) is 32.3. The van der Waals surface area contributed by atoms with E-state index in [1.165, 1.54) is 6.92 Å². The van der Waals surface area contributed by atoms with Gasteiger partial charge in [0.15, 0.2) is 23.8 Å². The summed E-state index contributed by atoms with van der Waals surface area (Å²) in [5.74, 6) is -11.0. The van der Waals surface area contributed by atoms with Gasteiger partial charge in [-0.25, -0.2) is 0 Å². The molecule has 19 N–H and O–H groups in total. The minimum Gasteiger partial charge on any atom is -0.504 e. The standard InChI is InChI=1S/C35H52N8O17/c1-11-9-43-25(26(11)51)33(58)41-31(56)20(49)7-15(36)29(54)38-22(12(2)44)34(59)42-10-14(45)6-16(42)30(55)40-24(28(53)27(52)13-3-4-17(46)18(47)5-13)32(57)39-23(35(43)60)19(48)8-21(37)50/h3-5,11-12,14-16,19-20,22-28,31,44-49,51-53,56H,6-10,36H2,1-2H3,(H2,37,50)(H,38,54)(H,39,57)(H,40,55)(H,41,58)/p+1/t11-,12+,14+,15-,16-,19+,20+,22-,23-,24-,25-,26-,27-,28-,31+/m0/s1. The van der Waals surface area contributed by atoms with Crippen LogP contribution in [0.2, 0.25) is 0 Å². The number of aliphatic hydroxyl groups is 9. The molecule has 60 heavy (non-hydrogen) atoms. The van der Waals surface area contributed by atoms with Gasteiger partial charge in [-0.3, -0.25) is 28.8 Å². The molecule has 25 heteroatoms. The van der Waals surface area contributed by atoms with Gasteiger partial charge in [-0.05, 0) is 24.6 Å². The Balaban J connectivity index is 1.90. The van der Waals surface area contributed by atoms with Gasteiger partial charge >= 0.3 is 5.90 Å². The van der Waals surface area contributed by atoms with Gasteiger partial charge in [0.2, 0.25) is 29.5 Å². The molecule has 0 aromatic heterocycles. The number of phenolic OH excluding ortho intramolecular Hbond substituents is 2. The van der Waals surface area contributed by atoms with Crippen LogP contribution >= 0.6 is 0 Å². The lowest BCUT2D eigenvalue weighted by Crippen LogP contribution is -2.89. The van der Waals surface area contributed by atoms with Gasteiger partial charge in [-0.1, -0.05) is 13.0 Å². The number of nitrogens with two attached hydrogens (primary N) is 2. The Kier molecular flexibility index (Phi) is 15.4. The Hall–Kier alpha value is -5.25. The van der Waals surface area contributed by atoms with Crippen molar-refractivity contribution >= 4 is 41.3 Å². The zero-order valence-electron chi connectivity index (χ0n) is 32.3. The largest absolute Gasteiger partial charge is 0.504 e. The summed E-state index contributed by atoms with van der Waals surface area (Å²) in [6, 6.07) is -8.90. The molecule has 0 saturated carbocycles. The lowest BCUT2D eigenvalue weighted by Gasteiger charge is -2.32. The number of rotatable bonds is 7. The zero-order chi connectivity index (χ0) is 45.1. The molecule has 0 radical (unpaired) electrons. The molecule has 4 rings (SSSR count). The van der Waals surface area contributed by atoms with E-state index in [0.717, 1.165) is 30.0 Å². The van der Waals surface area contributed by atoms with Crippen LogP contribution in [0.1, 0.15) is 44.8 Å². The normalized spacial score (nSPS) is 33.5. The van der Waals surface area contributed by atoms with Gasteiger partial charge < -0.3 is 93.4 Å². The van der Waals surface area contributed by atoms with Crippen molar-refractivity contribution in [3.63, 3.8) is 0 Å². The fourth-order valence-corrected chi connectivity index (χ4v) is 7.25. The van der Waals surface area contributed by atoms with E-state index in [9.17, 15) is 84.9 Å². The maximum Gasteiger partial charge on any atom is 0.359 e. The highest BCUT2D eigenvalue weighted by Crippen LogP contribution is 2.30. The Morgan fingerprint density at radius 3 is 2.08 bits per heavy atom. The number of primary amides is 1. The second-order valence-corrected chi connectivity index (χ2v) is 15.3. The number of carbonyl (C=O) groups is 6. The average molecular weight is 858 g/mol. The molecule has 6 amide bonds. The van der Waals surface area contributed by atoms with Gasteiger partial charge in [0.25, 0.3) is 11.9 Å². The number of aromatic hydroxyl groups is 2. The molecular formula is C35H53N8O17+. The number of nitrogens with zero attached hydrogens (tertiary/aromatic N) is 2. The van der Waals surface area contributed by atoms with Crippen LogP contribution in [-0.2, 0) is 28.8 Å². The predicted octanol–water partition coefficient (Wildman–Crippen LogP) is -9.82. The van der Waals surface area contributed by atoms with E-state index in [0.29, 0.717) is 4.90 Å². The topological polar surface area (TPSA) is 434 Å². The number of aliphatic hydroxyl groups excluding tert-OH is 9. The number of phenols is 2. The third-order valence-corrected chi connectivity index (χ3v) is 10.6. The van der Waals surface area contributed by atoms with Crippen LogP contribution in [0.5, 0.6) is 11.5 Å². The molecular weight excluding hydrogens is 804 g/mol. The Labute approximate surface area is 340 Å². The van der Waals surface area contributed by atoms with Crippen LogP contribution in [0.4, 0.5) is 0 Å². The molecule has 3 aliphatic rings. The van der Waals surface area contributed by atoms with Crippen molar-refractivity contribution in [3.8, 4) is 11.5 Å². The highest BCUT2D eigenvalue weighted by Gasteiger charge is 2.51. The molecule has 3 heterocycles. The lowest BCUT2D eigenvalue weighted by molar-refractivity contribution is -0.512. The molecule has 0 spiro atoms. The van der Waals surface area contributed by atoms with E-state index in [1.54, 1.807) is 0 Å². The third kappa shape index (κ3) is 10.5. The fraction of sp³-hybridized carbons (Fsp3) is 0.629. The maximum absolute atomic E-state index is 14.3. The summed E-state index contributed by atoms with van der Waals surface area (Å²) >= 11 is 0. The van der Waals surface area contributed by atoms with Gasteiger partial charge in [-0.15, -0.1) is 0 Å². The summed E-state index contributed by atoms with van der Waals surface area (Å²) in [4.78, 5) is 84.4. The summed E-state index contributed by atoms with van der Waals surface area (Å²) in [5, 5.41) is 125. The first kappa shape index (κ1) is 47.4. The maximum atomic E-state index is 14.3. The van der Waals surface area contributed by atoms with Crippen molar-refractivity contribution < 1.29 is 89.9 Å². The van der Waals surface area contributed by atoms with Crippen LogP contribution < -0.4 is 32.4 Å². The first-order chi connectivity index (χ1) is 27.9. The van der Waals surface area contributed by atoms with Crippen molar-refractivity contribution in [1.82, 2.24) is 25.8 Å². The molecule has 0 aliphatic carbocycles. The summed E-state index contributed by atoms with van der Waals surface area (Å²) in [6.07, 6.45) is -18.0. The number of benzene rings is 1. The second-order valence-electron chi connectivity index (χ2n) is 15.3. The Bertz CT molecular complexity index is 1820. The molecule has 1 aromatic carbocycles. The van der Waals surface area contributed by atoms with Crippen LogP contribution in [-0.4, -0.2) is 200 Å². The first-order valence-corrected chi connectivity index (χ1v) is 18.8. The first-order valence-electron chi connectivity index (χ1n) is 18.8. The molecule has 0 bridgehead atoms. The van der Waals surface area contributed by atoms with Crippen molar-refractivity contribution in [2.75, 3.05) is 13.1 Å². The molecule has 2 saturated heterocycles. The summed E-state index contributed by atoms with van der Waals surface area (Å²) in [5.41, 5.74) is 10.9. The van der Waals surface area contributed by atoms with Crippen molar-refractivity contribution in [2.24, 2.45) is 17.4 Å². The van der Waals surface area contributed by atoms with Crippen LogP contribution in [0.3, 0.4) is 0 Å². The van der Waals surface area contributed by atoms with E-state index in [-0.39, 0.29) is 5.56 Å². The molecule has 334 valence electrons. The van der Waals surface area contributed by atoms with E-state index in [1.807, 2.05) is 5.32 Å². The molecule has 2 fully saturated rings. The minimum absolute atomic E-state index is 0.313.